The lowest BCUT2D eigenvalue weighted by atomic mass is 9.79. The summed E-state index contributed by atoms with van der Waals surface area (Å²) in [6.45, 7) is 0. The van der Waals surface area contributed by atoms with Crippen molar-refractivity contribution in [3.63, 3.8) is 0 Å². The Morgan fingerprint density at radius 1 is 1.07 bits per heavy atom. The molecule has 1 N–H and O–H groups in total. The minimum absolute atomic E-state index is 0.652. The summed E-state index contributed by atoms with van der Waals surface area (Å²) in [7, 11) is -1.07. The van der Waals surface area contributed by atoms with Crippen LogP contribution in [0.4, 0.5) is 0 Å². The van der Waals surface area contributed by atoms with Crippen LogP contribution in [0.1, 0.15) is 0 Å². The second-order valence-corrected chi connectivity index (χ2v) is 3.23. The van der Waals surface area contributed by atoms with E-state index in [0.717, 1.165) is 10.8 Å². The van der Waals surface area contributed by atoms with Crippen molar-refractivity contribution in [1.29, 1.82) is 0 Å². The third-order valence-corrected chi connectivity index (χ3v) is 2.31. The van der Waals surface area contributed by atoms with E-state index in [9.17, 15) is 5.02 Å². The van der Waals surface area contributed by atoms with Crippen molar-refractivity contribution < 1.29 is 9.23 Å². The van der Waals surface area contributed by atoms with E-state index in [1.165, 1.54) is 0 Å². The van der Waals surface area contributed by atoms with Gasteiger partial charge in [-0.25, -0.2) is 0 Å². The molecule has 0 heterocycles. The molecule has 0 aliphatic heterocycles. The van der Waals surface area contributed by atoms with Gasteiger partial charge in [-0.2, -0.15) is 0 Å². The summed E-state index contributed by atoms with van der Waals surface area (Å²) in [5, 5.41) is 11.5. The molecule has 0 amide bonds. The van der Waals surface area contributed by atoms with Crippen molar-refractivity contribution in [3.05, 3.63) is 42.5 Å². The Morgan fingerprint density at radius 3 is 2.50 bits per heavy atom. The molecule has 14 heavy (non-hydrogen) atoms. The van der Waals surface area contributed by atoms with E-state index in [2.05, 4.69) is 4.21 Å². The summed E-state index contributed by atoms with van der Waals surface area (Å²) in [6, 6.07) is 13.4. The fraction of sp³-hybridized carbons (Fsp3) is 0. The SMILES string of the molecule is OB(OCl)c1ccc2ccccc2c1. The van der Waals surface area contributed by atoms with E-state index in [4.69, 9.17) is 11.9 Å². The van der Waals surface area contributed by atoms with Gasteiger partial charge in [-0.3, -0.25) is 0 Å². The largest absolute Gasteiger partial charge is 0.508 e. The predicted molar refractivity (Wildman–Crippen MR) is 58.5 cm³/mol. The van der Waals surface area contributed by atoms with Crippen LogP contribution in [-0.2, 0) is 4.21 Å². The van der Waals surface area contributed by atoms with Crippen LogP contribution in [0.25, 0.3) is 10.8 Å². The average molecular weight is 206 g/mol. The van der Waals surface area contributed by atoms with Gasteiger partial charge in [-0.15, -0.1) is 0 Å². The zero-order valence-electron chi connectivity index (χ0n) is 7.35. The maximum Gasteiger partial charge on any atom is 0.508 e. The van der Waals surface area contributed by atoms with Crippen LogP contribution in [-0.4, -0.2) is 12.1 Å². The first-order valence-corrected chi connectivity index (χ1v) is 4.56. The monoisotopic (exact) mass is 206 g/mol. The van der Waals surface area contributed by atoms with E-state index >= 15 is 0 Å². The Bertz CT molecular complexity index is 447. The van der Waals surface area contributed by atoms with Gasteiger partial charge < -0.3 is 9.23 Å². The highest BCUT2D eigenvalue weighted by Gasteiger charge is 2.15. The summed E-state index contributed by atoms with van der Waals surface area (Å²) in [5.41, 5.74) is 0.652. The van der Waals surface area contributed by atoms with Gasteiger partial charge in [0.1, 0.15) is 0 Å². The third kappa shape index (κ3) is 1.75. The predicted octanol–water partition coefficient (Wildman–Crippen LogP) is 1.70. The summed E-state index contributed by atoms with van der Waals surface area (Å²) >= 11 is 5.09. The molecule has 0 aliphatic rings. The second-order valence-electron chi connectivity index (χ2n) is 3.05. The van der Waals surface area contributed by atoms with Gasteiger partial charge in [-0.05, 0) is 16.2 Å². The first-order chi connectivity index (χ1) is 6.81. The van der Waals surface area contributed by atoms with Crippen LogP contribution in [0, 0.1) is 0 Å². The van der Waals surface area contributed by atoms with Crippen LogP contribution >= 0.6 is 11.9 Å². The van der Waals surface area contributed by atoms with Gasteiger partial charge in [0.15, 0.2) is 0 Å². The maximum absolute atomic E-state index is 9.33. The molecular weight excluding hydrogens is 198 g/mol. The number of halogens is 1. The van der Waals surface area contributed by atoms with Crippen molar-refractivity contribution in [1.82, 2.24) is 0 Å². The fourth-order valence-corrected chi connectivity index (χ4v) is 1.52. The lowest BCUT2D eigenvalue weighted by Gasteiger charge is -2.03. The standard InChI is InChI=1S/C10H8BClO2/c12-14-11(13)10-6-5-8-3-1-2-4-9(8)7-10/h1-7,13H. The van der Waals surface area contributed by atoms with Crippen LogP contribution in [0.5, 0.6) is 0 Å². The van der Waals surface area contributed by atoms with E-state index in [-0.39, 0.29) is 0 Å². The Labute approximate surface area is 87.4 Å². The summed E-state index contributed by atoms with van der Waals surface area (Å²) in [6.07, 6.45) is 0. The molecule has 0 saturated carbocycles. The van der Waals surface area contributed by atoms with Crippen LogP contribution < -0.4 is 5.46 Å². The third-order valence-electron chi connectivity index (χ3n) is 2.14. The quantitative estimate of drug-likeness (QED) is 0.758. The minimum Gasteiger partial charge on any atom is -0.422 e. The molecule has 0 atom stereocenters. The summed E-state index contributed by atoms with van der Waals surface area (Å²) in [4.78, 5) is 0. The molecule has 0 spiro atoms. The fourth-order valence-electron chi connectivity index (χ4n) is 1.41. The van der Waals surface area contributed by atoms with Crippen molar-refractivity contribution in [2.24, 2.45) is 0 Å². The van der Waals surface area contributed by atoms with Gasteiger partial charge in [0.05, 0.1) is 0 Å². The smallest absolute Gasteiger partial charge is 0.422 e. The molecule has 0 unspecified atom stereocenters. The molecule has 0 radical (unpaired) electrons. The molecule has 2 rings (SSSR count). The van der Waals surface area contributed by atoms with Crippen molar-refractivity contribution in [2.45, 2.75) is 0 Å². The van der Waals surface area contributed by atoms with Gasteiger partial charge in [0.25, 0.3) is 0 Å². The van der Waals surface area contributed by atoms with Gasteiger partial charge >= 0.3 is 7.12 Å². The molecule has 4 heteroatoms. The second kappa shape index (κ2) is 4.01. The zero-order valence-corrected chi connectivity index (χ0v) is 8.11. The Balaban J connectivity index is 2.51. The average Bonchev–Trinajstić information content (AvgIpc) is 2.27. The summed E-state index contributed by atoms with van der Waals surface area (Å²) < 4.78 is 4.31. The lowest BCUT2D eigenvalue weighted by Crippen LogP contribution is -2.30. The molecule has 2 aromatic carbocycles. The molecule has 0 aliphatic carbocycles. The molecule has 0 aromatic heterocycles. The minimum atomic E-state index is -1.07. The molecular formula is C10H8BClO2. The number of hydrogen-bond donors (Lipinski definition) is 1. The summed E-state index contributed by atoms with van der Waals surface area (Å²) in [5.74, 6) is 0. The van der Waals surface area contributed by atoms with E-state index in [1.807, 2.05) is 36.4 Å². The zero-order chi connectivity index (χ0) is 9.97. The van der Waals surface area contributed by atoms with Crippen molar-refractivity contribution in [3.8, 4) is 0 Å². The van der Waals surface area contributed by atoms with Crippen LogP contribution in [0.3, 0.4) is 0 Å². The number of fused-ring (bicyclic) bond motifs is 1. The molecule has 2 aromatic rings. The normalized spacial score (nSPS) is 10.4. The van der Waals surface area contributed by atoms with Crippen LogP contribution in [0.15, 0.2) is 42.5 Å². The Morgan fingerprint density at radius 2 is 1.79 bits per heavy atom. The van der Waals surface area contributed by atoms with E-state index < -0.39 is 7.12 Å². The first-order valence-electron chi connectivity index (χ1n) is 4.25. The highest BCUT2D eigenvalue weighted by Crippen LogP contribution is 2.11. The topological polar surface area (TPSA) is 29.5 Å². The Hall–Kier alpha value is -1.03. The molecule has 70 valence electrons. The number of benzene rings is 2. The van der Waals surface area contributed by atoms with E-state index in [0.29, 0.717) is 5.46 Å². The van der Waals surface area contributed by atoms with Gasteiger partial charge in [0, 0.05) is 11.9 Å². The highest BCUT2D eigenvalue weighted by atomic mass is 35.5. The van der Waals surface area contributed by atoms with E-state index in [1.54, 1.807) is 6.07 Å². The van der Waals surface area contributed by atoms with Crippen molar-refractivity contribution >= 4 is 35.2 Å². The number of hydrogen-bond acceptors (Lipinski definition) is 2. The molecule has 0 fully saturated rings. The van der Waals surface area contributed by atoms with Crippen molar-refractivity contribution in [2.75, 3.05) is 0 Å². The molecule has 0 bridgehead atoms. The Kier molecular flexibility index (Phi) is 2.73. The molecule has 2 nitrogen and oxygen atoms in total. The maximum atomic E-state index is 9.33. The lowest BCUT2D eigenvalue weighted by molar-refractivity contribution is 0.457. The number of rotatable bonds is 2. The van der Waals surface area contributed by atoms with Gasteiger partial charge in [-0.1, -0.05) is 42.5 Å². The van der Waals surface area contributed by atoms with Crippen LogP contribution in [0.2, 0.25) is 0 Å². The molecule has 0 saturated heterocycles. The highest BCUT2D eigenvalue weighted by molar-refractivity contribution is 6.63. The van der Waals surface area contributed by atoms with Gasteiger partial charge in [0.2, 0.25) is 0 Å². The first kappa shape index (κ1) is 9.53.